The molecule has 2 rings (SSSR count). The van der Waals surface area contributed by atoms with Crippen LogP contribution in [-0.4, -0.2) is 6.54 Å². The van der Waals surface area contributed by atoms with Gasteiger partial charge in [-0.3, -0.25) is 0 Å². The van der Waals surface area contributed by atoms with Gasteiger partial charge in [-0.2, -0.15) is 0 Å². The minimum Gasteiger partial charge on any atom is -0.384 e. The highest BCUT2D eigenvalue weighted by molar-refractivity contribution is 9.10. The first kappa shape index (κ1) is 6.23. The Kier molecular flexibility index (Phi) is 1.42. The molecule has 0 amide bonds. The van der Waals surface area contributed by atoms with Gasteiger partial charge in [0.15, 0.2) is 0 Å². The van der Waals surface area contributed by atoms with Crippen LogP contribution in [0.15, 0.2) is 22.7 Å². The molecular formula is C8H7BrN. The molecule has 1 aromatic rings. The van der Waals surface area contributed by atoms with E-state index in [1.165, 1.54) is 11.3 Å². The number of anilines is 1. The number of halogens is 1. The van der Waals surface area contributed by atoms with Crippen molar-refractivity contribution in [3.05, 3.63) is 34.7 Å². The Morgan fingerprint density at radius 2 is 2.30 bits per heavy atom. The Bertz CT molecular complexity index is 257. The van der Waals surface area contributed by atoms with E-state index in [4.69, 9.17) is 0 Å². The third kappa shape index (κ3) is 0.926. The third-order valence-corrected chi connectivity index (χ3v) is 2.12. The van der Waals surface area contributed by atoms with Gasteiger partial charge in [0.2, 0.25) is 0 Å². The van der Waals surface area contributed by atoms with Crippen molar-refractivity contribution in [2.45, 2.75) is 0 Å². The van der Waals surface area contributed by atoms with E-state index >= 15 is 0 Å². The fraction of sp³-hybridized carbons (Fsp3) is 0.125. The molecule has 0 spiro atoms. The van der Waals surface area contributed by atoms with Crippen molar-refractivity contribution >= 4 is 21.6 Å². The van der Waals surface area contributed by atoms with Gasteiger partial charge in [-0.25, -0.2) is 0 Å². The zero-order valence-corrected chi connectivity index (χ0v) is 6.98. The Hall–Kier alpha value is -0.500. The second kappa shape index (κ2) is 2.27. The molecule has 0 fully saturated rings. The van der Waals surface area contributed by atoms with Crippen LogP contribution in [0.2, 0.25) is 0 Å². The summed E-state index contributed by atoms with van der Waals surface area (Å²) in [5, 5.41) is 3.25. The summed E-state index contributed by atoms with van der Waals surface area (Å²) in [4.78, 5) is 0. The van der Waals surface area contributed by atoms with Crippen LogP contribution in [0.4, 0.5) is 5.69 Å². The zero-order valence-electron chi connectivity index (χ0n) is 5.39. The SMILES string of the molecule is Brc1ccc2c(c1)[CH]CN2. The predicted molar refractivity (Wildman–Crippen MR) is 46.0 cm³/mol. The van der Waals surface area contributed by atoms with E-state index in [-0.39, 0.29) is 0 Å². The van der Waals surface area contributed by atoms with Crippen LogP contribution in [-0.2, 0) is 0 Å². The average molecular weight is 197 g/mol. The highest BCUT2D eigenvalue weighted by atomic mass is 79.9. The second-order valence-electron chi connectivity index (χ2n) is 2.32. The van der Waals surface area contributed by atoms with Gasteiger partial charge in [0.1, 0.15) is 0 Å². The van der Waals surface area contributed by atoms with Gasteiger partial charge in [0, 0.05) is 23.1 Å². The molecular weight excluding hydrogens is 190 g/mol. The smallest absolute Gasteiger partial charge is 0.0377 e. The van der Waals surface area contributed by atoms with Gasteiger partial charge >= 0.3 is 0 Å². The van der Waals surface area contributed by atoms with E-state index in [1.807, 2.05) is 6.07 Å². The lowest BCUT2D eigenvalue weighted by molar-refractivity contribution is 1.34. The molecule has 2 heteroatoms. The zero-order chi connectivity index (χ0) is 6.97. The minimum absolute atomic E-state index is 0.964. The van der Waals surface area contributed by atoms with Crippen LogP contribution >= 0.6 is 15.9 Å². The monoisotopic (exact) mass is 196 g/mol. The van der Waals surface area contributed by atoms with Crippen molar-refractivity contribution in [3.63, 3.8) is 0 Å². The van der Waals surface area contributed by atoms with Crippen LogP contribution in [0.1, 0.15) is 5.56 Å². The van der Waals surface area contributed by atoms with Gasteiger partial charge in [-0.1, -0.05) is 15.9 Å². The fourth-order valence-electron chi connectivity index (χ4n) is 1.13. The fourth-order valence-corrected chi connectivity index (χ4v) is 1.51. The van der Waals surface area contributed by atoms with Crippen molar-refractivity contribution in [2.75, 3.05) is 11.9 Å². The lowest BCUT2D eigenvalue weighted by Crippen LogP contribution is -1.89. The normalized spacial score (nSPS) is 14.5. The van der Waals surface area contributed by atoms with Gasteiger partial charge < -0.3 is 5.32 Å². The first-order valence-electron chi connectivity index (χ1n) is 3.23. The topological polar surface area (TPSA) is 12.0 Å². The van der Waals surface area contributed by atoms with Crippen molar-refractivity contribution in [2.24, 2.45) is 0 Å². The highest BCUT2D eigenvalue weighted by Gasteiger charge is 2.08. The lowest BCUT2D eigenvalue weighted by atomic mass is 10.2. The molecule has 0 unspecified atom stereocenters. The number of hydrogen-bond acceptors (Lipinski definition) is 1. The quantitative estimate of drug-likeness (QED) is 0.673. The second-order valence-corrected chi connectivity index (χ2v) is 3.23. The van der Waals surface area contributed by atoms with E-state index in [0.717, 1.165) is 11.0 Å². The molecule has 0 bridgehead atoms. The van der Waals surface area contributed by atoms with Crippen LogP contribution in [0, 0.1) is 6.42 Å². The Balaban J connectivity index is 2.52. The van der Waals surface area contributed by atoms with Crippen LogP contribution in [0.5, 0.6) is 0 Å². The first-order valence-corrected chi connectivity index (χ1v) is 4.02. The van der Waals surface area contributed by atoms with Crippen LogP contribution in [0.3, 0.4) is 0 Å². The van der Waals surface area contributed by atoms with E-state index in [9.17, 15) is 0 Å². The molecule has 0 atom stereocenters. The van der Waals surface area contributed by atoms with Crippen molar-refractivity contribution in [3.8, 4) is 0 Å². The highest BCUT2D eigenvalue weighted by Crippen LogP contribution is 2.26. The Labute approximate surface area is 68.6 Å². The molecule has 0 saturated heterocycles. The van der Waals surface area contributed by atoms with E-state index < -0.39 is 0 Å². The maximum atomic E-state index is 3.42. The predicted octanol–water partition coefficient (Wildman–Crippen LogP) is 2.43. The van der Waals surface area contributed by atoms with Crippen LogP contribution < -0.4 is 5.32 Å². The third-order valence-electron chi connectivity index (χ3n) is 1.63. The van der Waals surface area contributed by atoms with Crippen molar-refractivity contribution in [1.82, 2.24) is 0 Å². The largest absolute Gasteiger partial charge is 0.384 e. The van der Waals surface area contributed by atoms with E-state index in [1.54, 1.807) is 0 Å². The van der Waals surface area contributed by atoms with Gasteiger partial charge in [-0.05, 0) is 23.8 Å². The van der Waals surface area contributed by atoms with Crippen LogP contribution in [0.25, 0.3) is 0 Å². The maximum Gasteiger partial charge on any atom is 0.0377 e. The Morgan fingerprint density at radius 1 is 1.40 bits per heavy atom. The van der Waals surface area contributed by atoms with E-state index in [0.29, 0.717) is 0 Å². The molecule has 0 aliphatic carbocycles. The number of hydrogen-bond donors (Lipinski definition) is 1. The van der Waals surface area contributed by atoms with Gasteiger partial charge in [0.05, 0.1) is 0 Å². The average Bonchev–Trinajstić information content (AvgIpc) is 2.33. The van der Waals surface area contributed by atoms with E-state index in [2.05, 4.69) is 39.8 Å². The first-order chi connectivity index (χ1) is 4.86. The molecule has 1 radical (unpaired) electrons. The lowest BCUT2D eigenvalue weighted by Gasteiger charge is -1.97. The molecule has 1 nitrogen and oxygen atoms in total. The molecule has 1 aliphatic heterocycles. The molecule has 1 N–H and O–H groups in total. The van der Waals surface area contributed by atoms with Crippen molar-refractivity contribution in [1.29, 1.82) is 0 Å². The summed E-state index contributed by atoms with van der Waals surface area (Å²) >= 11 is 3.42. The number of rotatable bonds is 0. The summed E-state index contributed by atoms with van der Waals surface area (Å²) in [7, 11) is 0. The number of nitrogens with one attached hydrogen (secondary N) is 1. The minimum atomic E-state index is 0.964. The Morgan fingerprint density at radius 3 is 3.20 bits per heavy atom. The summed E-state index contributed by atoms with van der Waals surface area (Å²) in [5.74, 6) is 0. The summed E-state index contributed by atoms with van der Waals surface area (Å²) < 4.78 is 1.14. The molecule has 10 heavy (non-hydrogen) atoms. The number of benzene rings is 1. The molecule has 51 valence electrons. The molecule has 0 aromatic heterocycles. The molecule has 1 heterocycles. The van der Waals surface area contributed by atoms with Gasteiger partial charge in [-0.15, -0.1) is 0 Å². The number of fused-ring (bicyclic) bond motifs is 1. The molecule has 0 saturated carbocycles. The van der Waals surface area contributed by atoms with Gasteiger partial charge in [0.25, 0.3) is 0 Å². The summed E-state index contributed by atoms with van der Waals surface area (Å²) in [6.07, 6.45) is 2.18. The summed E-state index contributed by atoms with van der Waals surface area (Å²) in [6, 6.07) is 6.25. The molecule has 1 aromatic carbocycles. The maximum absolute atomic E-state index is 3.42. The summed E-state index contributed by atoms with van der Waals surface area (Å²) in [5.41, 5.74) is 2.54. The summed E-state index contributed by atoms with van der Waals surface area (Å²) in [6.45, 7) is 0.964. The van der Waals surface area contributed by atoms with Crippen molar-refractivity contribution < 1.29 is 0 Å². The molecule has 1 aliphatic rings. The standard InChI is InChI=1S/C8H7BrN/c9-7-1-2-8-6(5-7)3-4-10-8/h1-3,5,10H,4H2.